The molecule has 1 amide bonds. The third-order valence-electron chi connectivity index (χ3n) is 0.912. The Balaban J connectivity index is 4.17. The first-order valence-electron chi connectivity index (χ1n) is 3.21. The van der Waals surface area contributed by atoms with Gasteiger partial charge in [0.15, 0.2) is 0 Å². The van der Waals surface area contributed by atoms with Crippen molar-refractivity contribution in [2.45, 2.75) is 6.92 Å². The van der Waals surface area contributed by atoms with Gasteiger partial charge in [-0.05, 0) is 6.08 Å². The van der Waals surface area contributed by atoms with Gasteiger partial charge in [-0.3, -0.25) is 10.2 Å². The van der Waals surface area contributed by atoms with Gasteiger partial charge in [-0.1, -0.05) is 0 Å². The van der Waals surface area contributed by atoms with Gasteiger partial charge >= 0.3 is 0 Å². The summed E-state index contributed by atoms with van der Waals surface area (Å²) in [6, 6.07) is 0. The second-order valence-corrected chi connectivity index (χ2v) is 1.96. The highest BCUT2D eigenvalue weighted by molar-refractivity contribution is 6.02. The zero-order valence-corrected chi connectivity index (χ0v) is 7.00. The van der Waals surface area contributed by atoms with E-state index in [9.17, 15) is 4.79 Å². The van der Waals surface area contributed by atoms with E-state index in [0.29, 0.717) is 0 Å². The van der Waals surface area contributed by atoms with Crippen LogP contribution in [0.25, 0.3) is 0 Å². The molecule has 0 bridgehead atoms. The fourth-order valence-electron chi connectivity index (χ4n) is 0.448. The van der Waals surface area contributed by atoms with Crippen molar-refractivity contribution in [3.8, 4) is 0 Å². The highest BCUT2D eigenvalue weighted by Crippen LogP contribution is 1.80. The highest BCUT2D eigenvalue weighted by Gasteiger charge is 1.90. The maximum absolute atomic E-state index is 10.4. The average Bonchev–Trinajstić information content (AvgIpc) is 1.99. The summed E-state index contributed by atoms with van der Waals surface area (Å²) in [5.41, 5.74) is 5.27. The van der Waals surface area contributed by atoms with Crippen LogP contribution < -0.4 is 5.73 Å². The topological polar surface area (TPSA) is 88.5 Å². The summed E-state index contributed by atoms with van der Waals surface area (Å²) in [5, 5.41) is 7.01. The quantitative estimate of drug-likeness (QED) is 0.453. The molecule has 0 saturated carbocycles. The van der Waals surface area contributed by atoms with Crippen LogP contribution in [0.15, 0.2) is 17.1 Å². The summed E-state index contributed by atoms with van der Waals surface area (Å²) < 4.78 is 4.51. The van der Waals surface area contributed by atoms with E-state index in [0.717, 1.165) is 0 Å². The largest absolute Gasteiger partial charge is 0.481 e. The number of hydrogen-bond donors (Lipinski definition) is 2. The van der Waals surface area contributed by atoms with E-state index < -0.39 is 0 Å². The Morgan fingerprint density at radius 3 is 2.58 bits per heavy atom. The normalized spacial score (nSPS) is 11.7. The molecule has 0 atom stereocenters. The molecule has 0 rings (SSSR count). The maximum Gasteiger partial charge on any atom is 0.244 e. The van der Waals surface area contributed by atoms with E-state index in [1.165, 1.54) is 26.2 Å². The maximum atomic E-state index is 10.4. The predicted octanol–water partition coefficient (Wildman–Crippen LogP) is 0.0700. The minimum Gasteiger partial charge on any atom is -0.481 e. The second-order valence-electron chi connectivity index (χ2n) is 1.96. The number of amidine groups is 1. The lowest BCUT2D eigenvalue weighted by molar-refractivity contribution is -0.115. The smallest absolute Gasteiger partial charge is 0.244 e. The van der Waals surface area contributed by atoms with Gasteiger partial charge < -0.3 is 10.5 Å². The Bertz CT molecular complexity index is 243. The molecule has 0 aromatic rings. The standard InChI is InChI=1S/C7H11N3O2/c1-5(11)10-6(8)3-4-7(9)12-2/h3-4,9H,1-2H3,(H2,8,10,11)/b4-3-,9-7?. The fraction of sp³-hybridized carbons (Fsp3) is 0.286. The number of methoxy groups -OCH3 is 1. The van der Waals surface area contributed by atoms with Crippen LogP contribution >= 0.6 is 0 Å². The van der Waals surface area contributed by atoms with Crippen molar-refractivity contribution in [3.63, 3.8) is 0 Å². The SMILES string of the molecule is COC(=N)/C=C\C(N)=NC(C)=O. The molecular weight excluding hydrogens is 158 g/mol. The van der Waals surface area contributed by atoms with Crippen molar-refractivity contribution >= 4 is 17.6 Å². The molecular formula is C7H11N3O2. The molecule has 0 radical (unpaired) electrons. The van der Waals surface area contributed by atoms with Crippen LogP contribution in [0.4, 0.5) is 0 Å². The summed E-state index contributed by atoms with van der Waals surface area (Å²) in [7, 11) is 1.37. The van der Waals surface area contributed by atoms with Crippen LogP contribution in [0.5, 0.6) is 0 Å². The minimum absolute atomic E-state index is 0.0447. The van der Waals surface area contributed by atoms with E-state index >= 15 is 0 Å². The summed E-state index contributed by atoms with van der Waals surface area (Å²) in [5.74, 6) is -0.359. The van der Waals surface area contributed by atoms with Crippen molar-refractivity contribution < 1.29 is 9.53 Å². The Morgan fingerprint density at radius 1 is 1.58 bits per heavy atom. The van der Waals surface area contributed by atoms with Crippen LogP contribution in [0.1, 0.15) is 6.92 Å². The van der Waals surface area contributed by atoms with Crippen LogP contribution in [-0.2, 0) is 9.53 Å². The summed E-state index contributed by atoms with van der Waals surface area (Å²) in [6.45, 7) is 1.29. The molecule has 0 aliphatic heterocycles. The van der Waals surface area contributed by atoms with Crippen molar-refractivity contribution in [1.82, 2.24) is 0 Å². The van der Waals surface area contributed by atoms with Crippen LogP contribution in [-0.4, -0.2) is 24.8 Å². The van der Waals surface area contributed by atoms with Crippen molar-refractivity contribution in [2.75, 3.05) is 7.11 Å². The van der Waals surface area contributed by atoms with E-state index in [2.05, 4.69) is 9.73 Å². The molecule has 0 aliphatic carbocycles. The number of nitrogens with zero attached hydrogens (tertiary/aromatic N) is 1. The van der Waals surface area contributed by atoms with Gasteiger partial charge in [-0.2, -0.15) is 4.99 Å². The molecule has 0 aliphatic rings. The number of aliphatic imine (C=N–C) groups is 1. The zero-order valence-electron chi connectivity index (χ0n) is 7.00. The van der Waals surface area contributed by atoms with Gasteiger partial charge in [0.1, 0.15) is 5.84 Å². The lowest BCUT2D eigenvalue weighted by atomic mass is 10.4. The molecule has 0 saturated heterocycles. The summed E-state index contributed by atoms with van der Waals surface area (Å²) >= 11 is 0. The molecule has 5 nitrogen and oxygen atoms in total. The molecule has 3 N–H and O–H groups in total. The van der Waals surface area contributed by atoms with Crippen molar-refractivity contribution in [3.05, 3.63) is 12.2 Å². The first kappa shape index (κ1) is 10.3. The molecule has 0 heterocycles. The van der Waals surface area contributed by atoms with E-state index in [1.54, 1.807) is 0 Å². The van der Waals surface area contributed by atoms with Crippen LogP contribution in [0.2, 0.25) is 0 Å². The van der Waals surface area contributed by atoms with Gasteiger partial charge in [-0.15, -0.1) is 0 Å². The number of rotatable bonds is 2. The Labute approximate surface area is 70.4 Å². The average molecular weight is 169 g/mol. The monoisotopic (exact) mass is 169 g/mol. The molecule has 0 aromatic heterocycles. The molecule has 5 heteroatoms. The predicted molar refractivity (Wildman–Crippen MR) is 46.2 cm³/mol. The third kappa shape index (κ3) is 5.16. The Morgan fingerprint density at radius 2 is 2.17 bits per heavy atom. The number of hydrogen-bond acceptors (Lipinski definition) is 3. The van der Waals surface area contributed by atoms with Gasteiger partial charge in [-0.25, -0.2) is 0 Å². The Kier molecular flexibility index (Phi) is 4.36. The molecule has 12 heavy (non-hydrogen) atoms. The first-order chi connectivity index (χ1) is 5.56. The first-order valence-corrected chi connectivity index (χ1v) is 3.21. The number of carbonyl (C=O) groups is 1. The minimum atomic E-state index is -0.374. The summed E-state index contributed by atoms with van der Waals surface area (Å²) in [6.07, 6.45) is 2.63. The van der Waals surface area contributed by atoms with Crippen LogP contribution in [0, 0.1) is 5.41 Å². The Hall–Kier alpha value is -1.65. The molecule has 66 valence electrons. The lowest BCUT2D eigenvalue weighted by Gasteiger charge is -1.92. The van der Waals surface area contributed by atoms with Crippen molar-refractivity contribution in [2.24, 2.45) is 10.7 Å². The van der Waals surface area contributed by atoms with Crippen molar-refractivity contribution in [1.29, 1.82) is 5.41 Å². The number of carbonyl (C=O) groups excluding carboxylic acids is 1. The highest BCUT2D eigenvalue weighted by atomic mass is 16.5. The number of nitrogens with one attached hydrogen (secondary N) is 1. The van der Waals surface area contributed by atoms with Gasteiger partial charge in [0.25, 0.3) is 0 Å². The van der Waals surface area contributed by atoms with Gasteiger partial charge in [0, 0.05) is 13.0 Å². The third-order valence-corrected chi connectivity index (χ3v) is 0.912. The van der Waals surface area contributed by atoms with Gasteiger partial charge in [0.05, 0.1) is 7.11 Å². The van der Waals surface area contributed by atoms with E-state index in [-0.39, 0.29) is 17.6 Å². The number of nitrogens with two attached hydrogens (primary N) is 1. The molecule has 0 fully saturated rings. The number of ether oxygens (including phenoxy) is 1. The van der Waals surface area contributed by atoms with E-state index in [1.807, 2.05) is 0 Å². The van der Waals surface area contributed by atoms with Crippen LogP contribution in [0.3, 0.4) is 0 Å². The fourth-order valence-corrected chi connectivity index (χ4v) is 0.448. The van der Waals surface area contributed by atoms with Gasteiger partial charge in [0.2, 0.25) is 11.8 Å². The lowest BCUT2D eigenvalue weighted by Crippen LogP contribution is -2.10. The molecule has 0 aromatic carbocycles. The molecule has 0 spiro atoms. The number of amides is 1. The molecule has 0 unspecified atom stereocenters. The zero-order chi connectivity index (χ0) is 9.56. The second kappa shape index (κ2) is 5.06. The summed E-state index contributed by atoms with van der Waals surface area (Å²) in [4.78, 5) is 13.8. The van der Waals surface area contributed by atoms with E-state index in [4.69, 9.17) is 11.1 Å².